The lowest BCUT2D eigenvalue weighted by Gasteiger charge is -2.31. The molecule has 0 unspecified atom stereocenters. The summed E-state index contributed by atoms with van der Waals surface area (Å²) in [5.41, 5.74) is 3.95. The summed E-state index contributed by atoms with van der Waals surface area (Å²) in [5, 5.41) is 12.0. The third-order valence-electron chi connectivity index (χ3n) is 11.8. The molecule has 348 valence electrons. The zero-order valence-corrected chi connectivity index (χ0v) is 38.8. The van der Waals surface area contributed by atoms with Crippen LogP contribution in [0.2, 0.25) is 0 Å². The highest BCUT2D eigenvalue weighted by Gasteiger charge is 2.31. The van der Waals surface area contributed by atoms with Crippen molar-refractivity contribution in [3.8, 4) is 11.5 Å². The van der Waals surface area contributed by atoms with E-state index in [1.54, 1.807) is 93.0 Å². The molecule has 0 saturated carbocycles. The molecule has 15 nitrogen and oxygen atoms in total. The van der Waals surface area contributed by atoms with Crippen molar-refractivity contribution >= 4 is 56.8 Å². The van der Waals surface area contributed by atoms with Gasteiger partial charge in [0.1, 0.15) is 17.3 Å². The standard InChI is InChI=1S/C27H30FN3O4.C20H25N3O4.C2H6O/c1-29(2)27(34)26(33)22-16-30(3)23-14-24(35-4)21(13-20(22)23)25(32)18-9-11-31(12-10-18)15-17-5-7-19(28)8-6-17;1-22(2)20(26)19(25)15-11-23(3)16-10-17(27-4)14(9-13(15)16)18(24)12-5-7-21-8-6-12;1-2-3/h5-8,13-14,16,18H,9-12,15H2,1-4H3;9-12,21H,5-8H2,1-4H3;3H,2H2,1H3. The van der Waals surface area contributed by atoms with Gasteiger partial charge in [0.2, 0.25) is 0 Å². The maximum absolute atomic E-state index is 13.5. The number of rotatable bonds is 12. The number of ketones is 4. The van der Waals surface area contributed by atoms with Crippen LogP contribution in [-0.4, -0.2) is 139 Å². The summed E-state index contributed by atoms with van der Waals surface area (Å²) in [4.78, 5) is 81.3. The Labute approximate surface area is 379 Å². The van der Waals surface area contributed by atoms with Gasteiger partial charge in [-0.15, -0.1) is 0 Å². The summed E-state index contributed by atoms with van der Waals surface area (Å²) >= 11 is 0. The lowest BCUT2D eigenvalue weighted by atomic mass is 9.87. The number of piperidine rings is 2. The Morgan fingerprint density at radius 2 is 1.08 bits per heavy atom. The van der Waals surface area contributed by atoms with Gasteiger partial charge in [0.05, 0.1) is 47.5 Å². The average molecular weight is 897 g/mol. The molecule has 65 heavy (non-hydrogen) atoms. The van der Waals surface area contributed by atoms with Gasteiger partial charge < -0.3 is 38.8 Å². The van der Waals surface area contributed by atoms with Crippen molar-refractivity contribution in [3.05, 3.63) is 94.6 Å². The number of nitrogens with one attached hydrogen (secondary N) is 1. The molecule has 4 heterocycles. The molecule has 7 rings (SSSR count). The second-order valence-electron chi connectivity index (χ2n) is 16.7. The number of likely N-dealkylation sites (N-methyl/N-ethyl adjacent to an activating group) is 2. The van der Waals surface area contributed by atoms with Gasteiger partial charge in [-0.2, -0.15) is 0 Å². The molecule has 0 radical (unpaired) electrons. The molecule has 0 bridgehead atoms. The minimum absolute atomic E-state index is 0.0219. The van der Waals surface area contributed by atoms with Crippen LogP contribution >= 0.6 is 0 Å². The number of fused-ring (bicyclic) bond motifs is 2. The van der Waals surface area contributed by atoms with E-state index >= 15 is 0 Å². The highest BCUT2D eigenvalue weighted by Crippen LogP contribution is 2.35. The summed E-state index contributed by atoms with van der Waals surface area (Å²) in [5.74, 6) is -1.95. The number of ether oxygens (including phenoxy) is 2. The summed E-state index contributed by atoms with van der Waals surface area (Å²) in [6.45, 7) is 5.78. The Balaban J connectivity index is 0.000000237. The highest BCUT2D eigenvalue weighted by molar-refractivity contribution is 6.45. The van der Waals surface area contributed by atoms with Crippen molar-refractivity contribution in [1.29, 1.82) is 0 Å². The van der Waals surface area contributed by atoms with Gasteiger partial charge in [-0.3, -0.25) is 33.7 Å². The van der Waals surface area contributed by atoms with Crippen molar-refractivity contribution < 1.29 is 47.7 Å². The molecule has 2 N–H and O–H groups in total. The van der Waals surface area contributed by atoms with Crippen molar-refractivity contribution in [1.82, 2.24) is 29.2 Å². The second-order valence-corrected chi connectivity index (χ2v) is 16.7. The molecule has 2 amide bonds. The summed E-state index contributed by atoms with van der Waals surface area (Å²) in [6, 6.07) is 13.4. The fraction of sp³-hybridized carbons (Fsp3) is 0.429. The fourth-order valence-electron chi connectivity index (χ4n) is 8.27. The number of aliphatic hydroxyl groups excluding tert-OH is 1. The number of benzene rings is 3. The van der Waals surface area contributed by atoms with Gasteiger partial charge in [-0.05, 0) is 88.6 Å². The number of carbonyl (C=O) groups excluding carboxylic acids is 6. The molecule has 0 spiro atoms. The van der Waals surface area contributed by atoms with Crippen LogP contribution < -0.4 is 14.8 Å². The molecule has 2 aliphatic rings. The largest absolute Gasteiger partial charge is 0.496 e. The Bertz CT molecular complexity index is 2550. The van der Waals surface area contributed by atoms with E-state index in [9.17, 15) is 33.2 Å². The number of hydrogen-bond donors (Lipinski definition) is 2. The number of likely N-dealkylation sites (tertiary alicyclic amines) is 1. The summed E-state index contributed by atoms with van der Waals surface area (Å²) in [6.07, 6.45) is 6.20. The van der Waals surface area contributed by atoms with E-state index < -0.39 is 23.4 Å². The maximum atomic E-state index is 13.5. The van der Waals surface area contributed by atoms with Crippen molar-refractivity contribution in [2.75, 3.05) is 75.2 Å². The average Bonchev–Trinajstić information content (AvgIpc) is 3.82. The molecule has 0 aliphatic carbocycles. The van der Waals surface area contributed by atoms with Crippen LogP contribution in [0.1, 0.15) is 79.6 Å². The first kappa shape index (κ1) is 49.8. The number of hydrogen-bond acceptors (Lipinski definition) is 11. The minimum Gasteiger partial charge on any atom is -0.496 e. The second kappa shape index (κ2) is 22.1. The zero-order chi connectivity index (χ0) is 47.7. The minimum atomic E-state index is -0.616. The van der Waals surface area contributed by atoms with Crippen LogP contribution in [0.3, 0.4) is 0 Å². The lowest BCUT2D eigenvalue weighted by molar-refractivity contribution is -0.124. The Morgan fingerprint density at radius 1 is 0.677 bits per heavy atom. The molecular formula is C49H61FN6O9. The Kier molecular flexibility index (Phi) is 16.9. The SMILES string of the molecule is CCO.COc1cc2c(cc1C(=O)C1CCN(Cc3ccc(F)cc3)CC1)c(C(=O)C(=O)N(C)C)cn2C.COc1cc2c(cc1C(=O)C1CCNCC1)c(C(=O)C(=O)N(C)C)cn2C. The number of nitrogens with zero attached hydrogens (tertiary/aromatic N) is 5. The van der Waals surface area contributed by atoms with Gasteiger partial charge in [-0.1, -0.05) is 12.1 Å². The first-order valence-corrected chi connectivity index (χ1v) is 21.7. The number of methoxy groups -OCH3 is 2. The van der Waals surface area contributed by atoms with E-state index in [2.05, 4.69) is 10.2 Å². The monoisotopic (exact) mass is 896 g/mol. The third-order valence-corrected chi connectivity index (χ3v) is 11.8. The molecule has 2 aliphatic heterocycles. The Morgan fingerprint density at radius 3 is 1.46 bits per heavy atom. The predicted molar refractivity (Wildman–Crippen MR) is 246 cm³/mol. The summed E-state index contributed by atoms with van der Waals surface area (Å²) in [7, 11) is 12.8. The van der Waals surface area contributed by atoms with E-state index in [4.69, 9.17) is 14.6 Å². The molecule has 5 aromatic rings. The van der Waals surface area contributed by atoms with Crippen LogP contribution in [-0.2, 0) is 30.2 Å². The fourth-order valence-corrected chi connectivity index (χ4v) is 8.27. The van der Waals surface area contributed by atoms with Crippen LogP contribution in [0.5, 0.6) is 11.5 Å². The molecule has 3 aromatic carbocycles. The number of amides is 2. The molecule has 16 heteroatoms. The first-order chi connectivity index (χ1) is 30.9. The van der Waals surface area contributed by atoms with Crippen LogP contribution in [0, 0.1) is 17.7 Å². The number of aliphatic hydroxyl groups is 1. The maximum Gasteiger partial charge on any atom is 0.294 e. The Hall–Kier alpha value is -6.23. The summed E-state index contributed by atoms with van der Waals surface area (Å²) < 4.78 is 27.7. The molecule has 2 saturated heterocycles. The topological polar surface area (TPSA) is 173 Å². The van der Waals surface area contributed by atoms with Crippen molar-refractivity contribution in [3.63, 3.8) is 0 Å². The van der Waals surface area contributed by atoms with Crippen molar-refractivity contribution in [2.24, 2.45) is 25.9 Å². The van der Waals surface area contributed by atoms with Gasteiger partial charge >= 0.3 is 0 Å². The lowest BCUT2D eigenvalue weighted by Crippen LogP contribution is -2.36. The van der Waals surface area contributed by atoms with E-state index in [1.807, 2.05) is 0 Å². The molecule has 2 aromatic heterocycles. The number of Topliss-reactive ketones (excluding diaryl/α,β-unsaturated/α-hetero) is 4. The van der Waals surface area contributed by atoms with E-state index in [1.165, 1.54) is 50.2 Å². The van der Waals surface area contributed by atoms with Crippen LogP contribution in [0.15, 0.2) is 60.9 Å². The predicted octanol–water partition coefficient (Wildman–Crippen LogP) is 5.33. The molecule has 2 fully saturated rings. The number of aromatic nitrogens is 2. The van der Waals surface area contributed by atoms with Gasteiger partial charge in [-0.25, -0.2) is 4.39 Å². The smallest absolute Gasteiger partial charge is 0.294 e. The van der Waals surface area contributed by atoms with Crippen LogP contribution in [0.25, 0.3) is 21.8 Å². The molecule has 0 atom stereocenters. The van der Waals surface area contributed by atoms with E-state index in [0.29, 0.717) is 63.9 Å². The van der Waals surface area contributed by atoms with Crippen molar-refractivity contribution in [2.45, 2.75) is 39.2 Å². The first-order valence-electron chi connectivity index (χ1n) is 21.7. The molecular weight excluding hydrogens is 836 g/mol. The highest BCUT2D eigenvalue weighted by atomic mass is 19.1. The van der Waals surface area contributed by atoms with E-state index in [0.717, 1.165) is 50.1 Å². The zero-order valence-electron chi connectivity index (χ0n) is 38.8. The quantitative estimate of drug-likeness (QED) is 0.123. The van der Waals surface area contributed by atoms with Gasteiger partial charge in [0.15, 0.2) is 11.6 Å². The third kappa shape index (κ3) is 11.4. The number of carbonyl (C=O) groups is 6. The van der Waals surface area contributed by atoms with Crippen LogP contribution in [0.4, 0.5) is 4.39 Å². The van der Waals surface area contributed by atoms with Gasteiger partial charge in [0, 0.05) is 103 Å². The van der Waals surface area contributed by atoms with E-state index in [-0.39, 0.29) is 41.4 Å². The number of aryl methyl sites for hydroxylation is 2. The number of halogens is 1. The normalized spacial score (nSPS) is 14.4. The van der Waals surface area contributed by atoms with Gasteiger partial charge in [0.25, 0.3) is 23.4 Å².